The number of ether oxygens (including phenoxy) is 2. The number of allylic oxidation sites excluding steroid dienone is 1. The van der Waals surface area contributed by atoms with E-state index in [0.717, 1.165) is 69.8 Å². The number of amides is 1. The predicted molar refractivity (Wildman–Crippen MR) is 155 cm³/mol. The highest BCUT2D eigenvalue weighted by Crippen LogP contribution is 2.25. The van der Waals surface area contributed by atoms with Crippen LogP contribution >= 0.6 is 0 Å². The van der Waals surface area contributed by atoms with Crippen LogP contribution in [0, 0.1) is 0 Å². The van der Waals surface area contributed by atoms with Crippen LogP contribution in [0.2, 0.25) is 0 Å². The SMILES string of the molecule is C=CCCC(C(=O)NC)N(C)Cc1c(C=O)cccc1OCc1ccc(CN(C)CCN2CCOCC2)cc1. The number of rotatable bonds is 16. The van der Waals surface area contributed by atoms with Gasteiger partial charge in [0.2, 0.25) is 5.91 Å². The molecule has 0 aromatic heterocycles. The molecule has 1 aliphatic rings. The average Bonchev–Trinajstić information content (AvgIpc) is 2.96. The van der Waals surface area contributed by atoms with E-state index in [2.05, 4.69) is 53.0 Å². The molecule has 0 spiro atoms. The molecular weight excluding hydrogens is 492 g/mol. The second kappa shape index (κ2) is 16.2. The number of benzene rings is 2. The van der Waals surface area contributed by atoms with Crippen molar-refractivity contribution >= 4 is 12.2 Å². The van der Waals surface area contributed by atoms with Crippen LogP contribution in [-0.2, 0) is 29.2 Å². The second-order valence-corrected chi connectivity index (χ2v) is 10.1. The van der Waals surface area contributed by atoms with Crippen LogP contribution < -0.4 is 10.1 Å². The number of nitrogens with zero attached hydrogens (tertiary/aromatic N) is 3. The molecule has 0 aliphatic carbocycles. The molecule has 2 aromatic rings. The van der Waals surface area contributed by atoms with Crippen molar-refractivity contribution in [3.8, 4) is 5.75 Å². The van der Waals surface area contributed by atoms with Crippen molar-refractivity contribution in [1.29, 1.82) is 0 Å². The van der Waals surface area contributed by atoms with Crippen LogP contribution in [0.1, 0.15) is 39.9 Å². The number of aldehydes is 1. The summed E-state index contributed by atoms with van der Waals surface area (Å²) in [7, 11) is 5.69. The number of hydrogen-bond donors (Lipinski definition) is 1. The maximum absolute atomic E-state index is 12.5. The first-order chi connectivity index (χ1) is 18.9. The number of carbonyl (C=O) groups excluding carboxylic acids is 2. The molecule has 1 saturated heterocycles. The lowest BCUT2D eigenvalue weighted by Gasteiger charge is -2.28. The summed E-state index contributed by atoms with van der Waals surface area (Å²) in [6.07, 6.45) is 4.03. The third-order valence-corrected chi connectivity index (χ3v) is 7.20. The Balaban J connectivity index is 1.59. The zero-order valence-corrected chi connectivity index (χ0v) is 23.7. The van der Waals surface area contributed by atoms with Gasteiger partial charge in [-0.1, -0.05) is 42.5 Å². The Morgan fingerprint density at radius 2 is 1.85 bits per heavy atom. The summed E-state index contributed by atoms with van der Waals surface area (Å²) in [5, 5.41) is 2.74. The number of morpholine rings is 1. The van der Waals surface area contributed by atoms with E-state index in [4.69, 9.17) is 9.47 Å². The van der Waals surface area contributed by atoms with Crippen LogP contribution in [0.3, 0.4) is 0 Å². The second-order valence-electron chi connectivity index (χ2n) is 10.1. The molecule has 212 valence electrons. The third-order valence-electron chi connectivity index (χ3n) is 7.20. The Kier molecular flexibility index (Phi) is 12.6. The molecule has 0 bridgehead atoms. The number of hydrogen-bond acceptors (Lipinski definition) is 7. The molecule has 3 rings (SSSR count). The molecule has 0 saturated carbocycles. The van der Waals surface area contributed by atoms with Gasteiger partial charge >= 0.3 is 0 Å². The van der Waals surface area contributed by atoms with Gasteiger partial charge in [0, 0.05) is 57.4 Å². The van der Waals surface area contributed by atoms with E-state index in [1.54, 1.807) is 13.1 Å². The van der Waals surface area contributed by atoms with Gasteiger partial charge in [-0.2, -0.15) is 0 Å². The Morgan fingerprint density at radius 3 is 2.51 bits per heavy atom. The van der Waals surface area contributed by atoms with Gasteiger partial charge in [-0.05, 0) is 44.1 Å². The third kappa shape index (κ3) is 9.58. The normalized spacial score (nSPS) is 14.8. The van der Waals surface area contributed by atoms with Crippen LogP contribution in [0.4, 0.5) is 0 Å². The molecule has 1 unspecified atom stereocenters. The van der Waals surface area contributed by atoms with Gasteiger partial charge in [-0.3, -0.25) is 19.4 Å². The number of carbonyl (C=O) groups is 2. The van der Waals surface area contributed by atoms with Crippen LogP contribution in [0.15, 0.2) is 55.1 Å². The summed E-state index contributed by atoms with van der Waals surface area (Å²) < 4.78 is 11.6. The van der Waals surface area contributed by atoms with Crippen molar-refractivity contribution in [1.82, 2.24) is 20.0 Å². The van der Waals surface area contributed by atoms with Gasteiger partial charge in [0.05, 0.1) is 19.3 Å². The molecule has 2 aromatic carbocycles. The smallest absolute Gasteiger partial charge is 0.237 e. The Bertz CT molecular complexity index is 1050. The first kappa shape index (κ1) is 30.5. The molecule has 0 radical (unpaired) electrons. The topological polar surface area (TPSA) is 74.4 Å². The van der Waals surface area contributed by atoms with Crippen molar-refractivity contribution in [2.75, 3.05) is 60.5 Å². The highest BCUT2D eigenvalue weighted by molar-refractivity contribution is 5.81. The van der Waals surface area contributed by atoms with E-state index >= 15 is 0 Å². The van der Waals surface area contributed by atoms with Gasteiger partial charge in [-0.15, -0.1) is 6.58 Å². The molecule has 8 nitrogen and oxygen atoms in total. The number of likely N-dealkylation sites (N-methyl/N-ethyl adjacent to an activating group) is 3. The lowest BCUT2D eigenvalue weighted by Crippen LogP contribution is -2.43. The summed E-state index contributed by atoms with van der Waals surface area (Å²) >= 11 is 0. The molecule has 1 atom stereocenters. The summed E-state index contributed by atoms with van der Waals surface area (Å²) in [5.41, 5.74) is 3.66. The maximum Gasteiger partial charge on any atom is 0.237 e. The highest BCUT2D eigenvalue weighted by Gasteiger charge is 2.23. The fraction of sp³-hybridized carbons (Fsp3) is 0.484. The van der Waals surface area contributed by atoms with E-state index in [0.29, 0.717) is 30.9 Å². The predicted octanol–water partition coefficient (Wildman–Crippen LogP) is 3.35. The molecule has 39 heavy (non-hydrogen) atoms. The summed E-state index contributed by atoms with van der Waals surface area (Å²) in [5.74, 6) is 0.593. The van der Waals surface area contributed by atoms with Crippen molar-refractivity contribution < 1.29 is 19.1 Å². The van der Waals surface area contributed by atoms with E-state index in [-0.39, 0.29) is 11.9 Å². The van der Waals surface area contributed by atoms with Crippen LogP contribution in [-0.4, -0.2) is 93.5 Å². The fourth-order valence-corrected chi connectivity index (χ4v) is 4.78. The molecule has 1 N–H and O–H groups in total. The van der Waals surface area contributed by atoms with Gasteiger partial charge in [0.25, 0.3) is 0 Å². The van der Waals surface area contributed by atoms with Crippen LogP contribution in [0.5, 0.6) is 5.75 Å². The Hall–Kier alpha value is -3.04. The zero-order chi connectivity index (χ0) is 28.0. The maximum atomic E-state index is 12.5. The van der Waals surface area contributed by atoms with E-state index in [9.17, 15) is 9.59 Å². The molecule has 1 heterocycles. The Labute approximate surface area is 233 Å². The average molecular weight is 537 g/mol. The fourth-order valence-electron chi connectivity index (χ4n) is 4.78. The zero-order valence-electron chi connectivity index (χ0n) is 23.7. The summed E-state index contributed by atoms with van der Waals surface area (Å²) in [6.45, 7) is 11.2. The van der Waals surface area contributed by atoms with Gasteiger partial charge in [0.1, 0.15) is 12.4 Å². The summed E-state index contributed by atoms with van der Waals surface area (Å²) in [4.78, 5) is 31.1. The minimum atomic E-state index is -0.333. The lowest BCUT2D eigenvalue weighted by atomic mass is 10.0. The number of nitrogens with one attached hydrogen (secondary N) is 1. The van der Waals surface area contributed by atoms with Gasteiger partial charge in [-0.25, -0.2) is 0 Å². The van der Waals surface area contributed by atoms with E-state index < -0.39 is 0 Å². The molecule has 8 heteroatoms. The first-order valence-corrected chi connectivity index (χ1v) is 13.7. The van der Waals surface area contributed by atoms with Crippen molar-refractivity contribution in [3.63, 3.8) is 0 Å². The van der Waals surface area contributed by atoms with Gasteiger partial charge < -0.3 is 19.7 Å². The molecule has 1 aliphatic heterocycles. The lowest BCUT2D eigenvalue weighted by molar-refractivity contribution is -0.125. The minimum Gasteiger partial charge on any atom is -0.489 e. The minimum absolute atomic E-state index is 0.0581. The van der Waals surface area contributed by atoms with E-state index in [1.807, 2.05) is 30.2 Å². The monoisotopic (exact) mass is 536 g/mol. The molecule has 1 amide bonds. The standard InChI is InChI=1S/C31H44N4O4/c1-5-6-9-29(31(37)32-2)34(4)22-28-27(23-36)8-7-10-30(28)39-24-26-13-11-25(12-14-26)21-33(3)15-16-35-17-19-38-20-18-35/h5,7-8,10-14,23,29H,1,6,9,15-22,24H2,2-4H3,(H,32,37). The first-order valence-electron chi connectivity index (χ1n) is 13.7. The van der Waals surface area contributed by atoms with Gasteiger partial charge in [0.15, 0.2) is 6.29 Å². The molecule has 1 fully saturated rings. The Morgan fingerprint density at radius 1 is 1.13 bits per heavy atom. The largest absolute Gasteiger partial charge is 0.489 e. The van der Waals surface area contributed by atoms with Crippen molar-refractivity contribution in [3.05, 3.63) is 77.4 Å². The van der Waals surface area contributed by atoms with Crippen LogP contribution in [0.25, 0.3) is 0 Å². The highest BCUT2D eigenvalue weighted by atomic mass is 16.5. The molecular formula is C31H44N4O4. The van der Waals surface area contributed by atoms with Crippen molar-refractivity contribution in [2.24, 2.45) is 0 Å². The van der Waals surface area contributed by atoms with E-state index in [1.165, 1.54) is 5.56 Å². The summed E-state index contributed by atoms with van der Waals surface area (Å²) in [6, 6.07) is 13.6. The van der Waals surface area contributed by atoms with Crippen molar-refractivity contribution in [2.45, 2.75) is 38.6 Å². The quantitative estimate of drug-likeness (QED) is 0.261.